The summed E-state index contributed by atoms with van der Waals surface area (Å²) in [6.45, 7) is 2.56. The van der Waals surface area contributed by atoms with Gasteiger partial charge in [0.1, 0.15) is 0 Å². The second kappa shape index (κ2) is 5.78. The summed E-state index contributed by atoms with van der Waals surface area (Å²) in [5.41, 5.74) is 3.33. The lowest BCUT2D eigenvalue weighted by molar-refractivity contribution is 0.510. The van der Waals surface area contributed by atoms with Crippen LogP contribution in [0.4, 0.5) is 0 Å². The Morgan fingerprint density at radius 1 is 1.00 bits per heavy atom. The normalized spacial score (nSPS) is 23.2. The zero-order valence-corrected chi connectivity index (χ0v) is 14.5. The summed E-state index contributed by atoms with van der Waals surface area (Å²) in [4.78, 5) is 0.387. The molecule has 0 spiro atoms. The van der Waals surface area contributed by atoms with Gasteiger partial charge in [0.25, 0.3) is 10.0 Å². The van der Waals surface area contributed by atoms with Crippen LogP contribution in [0.3, 0.4) is 0 Å². The average Bonchev–Trinajstić information content (AvgIpc) is 3.16. The molecule has 1 aliphatic heterocycles. The van der Waals surface area contributed by atoms with E-state index in [9.17, 15) is 8.42 Å². The van der Waals surface area contributed by atoms with Crippen molar-refractivity contribution in [3.63, 3.8) is 0 Å². The fourth-order valence-electron chi connectivity index (χ4n) is 3.82. The Balaban J connectivity index is 1.66. The summed E-state index contributed by atoms with van der Waals surface area (Å²) >= 11 is 0. The Kier molecular flexibility index (Phi) is 3.72. The largest absolute Gasteiger partial charge is 0.270 e. The number of hydrogen-bond acceptors (Lipinski definition) is 2. The standard InChI is InChI=1S/C20H21NO2S/c1-15-7-9-19(10-8-15)24(22,23)21-12-11-17-13-18(14-20(17)21)16-5-3-2-4-6-16/h2-10,14,17-18H,11-13H2,1H3/t17-,18+/m1/s1. The molecule has 3 nitrogen and oxygen atoms in total. The van der Waals surface area contributed by atoms with Gasteiger partial charge in [-0.15, -0.1) is 0 Å². The van der Waals surface area contributed by atoms with Crippen LogP contribution in [0.5, 0.6) is 0 Å². The number of rotatable bonds is 3. The second-order valence-corrected chi connectivity index (χ2v) is 8.58. The molecule has 0 unspecified atom stereocenters. The van der Waals surface area contributed by atoms with Crippen LogP contribution < -0.4 is 0 Å². The molecule has 0 N–H and O–H groups in total. The van der Waals surface area contributed by atoms with Crippen LogP contribution in [0.25, 0.3) is 0 Å². The van der Waals surface area contributed by atoms with Crippen LogP contribution in [0.1, 0.15) is 29.9 Å². The molecule has 2 aromatic rings. The van der Waals surface area contributed by atoms with Crippen molar-refractivity contribution in [2.24, 2.45) is 5.92 Å². The highest BCUT2D eigenvalue weighted by Gasteiger charge is 2.40. The number of benzene rings is 2. The molecule has 1 fully saturated rings. The smallest absolute Gasteiger partial charge is 0.264 e. The maximum Gasteiger partial charge on any atom is 0.264 e. The Labute approximate surface area is 143 Å². The van der Waals surface area contributed by atoms with E-state index in [4.69, 9.17) is 0 Å². The molecular weight excluding hydrogens is 318 g/mol. The molecule has 2 atom stereocenters. The first kappa shape index (κ1) is 15.5. The first-order valence-corrected chi connectivity index (χ1v) is 9.86. The summed E-state index contributed by atoms with van der Waals surface area (Å²) in [6.07, 6.45) is 4.10. The van der Waals surface area contributed by atoms with Crippen LogP contribution in [0, 0.1) is 12.8 Å². The van der Waals surface area contributed by atoms with Crippen molar-refractivity contribution < 1.29 is 8.42 Å². The van der Waals surface area contributed by atoms with E-state index in [-0.39, 0.29) is 0 Å². The number of allylic oxidation sites excluding steroid dienone is 2. The van der Waals surface area contributed by atoms with E-state index in [1.807, 2.05) is 37.3 Å². The third kappa shape index (κ3) is 2.55. The van der Waals surface area contributed by atoms with E-state index in [0.717, 1.165) is 24.1 Å². The Morgan fingerprint density at radius 2 is 1.71 bits per heavy atom. The first-order chi connectivity index (χ1) is 11.6. The molecule has 4 heteroatoms. The molecule has 0 bridgehead atoms. The summed E-state index contributed by atoms with van der Waals surface area (Å²) < 4.78 is 27.7. The summed E-state index contributed by atoms with van der Waals surface area (Å²) in [5.74, 6) is 0.678. The summed E-state index contributed by atoms with van der Waals surface area (Å²) in [7, 11) is -3.45. The zero-order valence-electron chi connectivity index (χ0n) is 13.7. The third-order valence-electron chi connectivity index (χ3n) is 5.13. The van der Waals surface area contributed by atoms with E-state index < -0.39 is 10.0 Å². The number of nitrogens with zero attached hydrogens (tertiary/aromatic N) is 1. The van der Waals surface area contributed by atoms with E-state index in [1.165, 1.54) is 5.56 Å². The SMILES string of the molecule is Cc1ccc(S(=O)(=O)N2CC[C@@H]3C[C@H](c4ccccc4)C=C32)cc1. The quantitative estimate of drug-likeness (QED) is 0.845. The molecule has 0 radical (unpaired) electrons. The lowest BCUT2D eigenvalue weighted by Gasteiger charge is -2.20. The fraction of sp³-hybridized carbons (Fsp3) is 0.300. The summed E-state index contributed by atoms with van der Waals surface area (Å²) in [6, 6.07) is 17.5. The molecular formula is C20H21NO2S. The van der Waals surface area contributed by atoms with Crippen molar-refractivity contribution in [3.8, 4) is 0 Å². The number of aryl methyl sites for hydroxylation is 1. The van der Waals surface area contributed by atoms with Gasteiger partial charge >= 0.3 is 0 Å². The molecule has 1 heterocycles. The minimum absolute atomic E-state index is 0.321. The van der Waals surface area contributed by atoms with Gasteiger partial charge in [-0.2, -0.15) is 0 Å². The topological polar surface area (TPSA) is 37.4 Å². The molecule has 2 aliphatic rings. The van der Waals surface area contributed by atoms with Gasteiger partial charge in [0.05, 0.1) is 4.90 Å². The molecule has 2 aromatic carbocycles. The lowest BCUT2D eigenvalue weighted by atomic mass is 9.95. The van der Waals surface area contributed by atoms with Crippen LogP contribution in [-0.4, -0.2) is 19.3 Å². The van der Waals surface area contributed by atoms with Gasteiger partial charge in [0, 0.05) is 24.1 Å². The molecule has 124 valence electrons. The van der Waals surface area contributed by atoms with Crippen LogP contribution in [0.2, 0.25) is 0 Å². The minimum atomic E-state index is -3.45. The number of sulfonamides is 1. The zero-order chi connectivity index (χ0) is 16.7. The maximum absolute atomic E-state index is 13.0. The van der Waals surface area contributed by atoms with E-state index >= 15 is 0 Å². The van der Waals surface area contributed by atoms with Crippen molar-refractivity contribution in [3.05, 3.63) is 77.5 Å². The van der Waals surface area contributed by atoms with E-state index in [2.05, 4.69) is 18.2 Å². The van der Waals surface area contributed by atoms with Gasteiger partial charge in [-0.1, -0.05) is 54.1 Å². The van der Waals surface area contributed by atoms with Crippen molar-refractivity contribution >= 4 is 10.0 Å². The molecule has 0 aromatic heterocycles. The Bertz CT molecular complexity index is 870. The highest BCUT2D eigenvalue weighted by molar-refractivity contribution is 7.89. The number of hydrogen-bond donors (Lipinski definition) is 0. The second-order valence-electron chi connectivity index (χ2n) is 6.72. The molecule has 0 saturated carbocycles. The first-order valence-electron chi connectivity index (χ1n) is 8.42. The molecule has 1 aliphatic carbocycles. The van der Waals surface area contributed by atoms with Crippen molar-refractivity contribution in [1.82, 2.24) is 4.31 Å². The monoisotopic (exact) mass is 339 g/mol. The van der Waals surface area contributed by atoms with Crippen molar-refractivity contribution in [1.29, 1.82) is 0 Å². The predicted octanol–water partition coefficient (Wildman–Crippen LogP) is 4.08. The molecule has 24 heavy (non-hydrogen) atoms. The Morgan fingerprint density at radius 3 is 2.42 bits per heavy atom. The van der Waals surface area contributed by atoms with Gasteiger partial charge in [-0.05, 0) is 37.5 Å². The van der Waals surface area contributed by atoms with Crippen LogP contribution in [0.15, 0.2) is 71.3 Å². The van der Waals surface area contributed by atoms with E-state index in [1.54, 1.807) is 16.4 Å². The number of fused-ring (bicyclic) bond motifs is 1. The molecule has 1 saturated heterocycles. The van der Waals surface area contributed by atoms with Crippen molar-refractivity contribution in [2.45, 2.75) is 30.6 Å². The van der Waals surface area contributed by atoms with Gasteiger partial charge in [-0.25, -0.2) is 8.42 Å². The van der Waals surface area contributed by atoms with Crippen LogP contribution in [-0.2, 0) is 10.0 Å². The van der Waals surface area contributed by atoms with E-state index in [0.29, 0.717) is 23.3 Å². The fourth-order valence-corrected chi connectivity index (χ4v) is 5.39. The van der Waals surface area contributed by atoms with Crippen molar-refractivity contribution in [2.75, 3.05) is 6.54 Å². The highest BCUT2D eigenvalue weighted by Crippen LogP contribution is 2.45. The average molecular weight is 339 g/mol. The molecule has 0 amide bonds. The maximum atomic E-state index is 13.0. The van der Waals surface area contributed by atoms with Gasteiger partial charge in [0.15, 0.2) is 0 Å². The molecule has 4 rings (SSSR count). The summed E-state index contributed by atoms with van der Waals surface area (Å²) in [5, 5.41) is 0. The van der Waals surface area contributed by atoms with Crippen LogP contribution >= 0.6 is 0 Å². The van der Waals surface area contributed by atoms with Gasteiger partial charge < -0.3 is 0 Å². The predicted molar refractivity (Wildman–Crippen MR) is 95.1 cm³/mol. The third-order valence-corrected chi connectivity index (χ3v) is 6.98. The Hall–Kier alpha value is -2.07. The highest BCUT2D eigenvalue weighted by atomic mass is 32.2. The van der Waals surface area contributed by atoms with Gasteiger partial charge in [-0.3, -0.25) is 4.31 Å². The lowest BCUT2D eigenvalue weighted by Crippen LogP contribution is -2.27. The minimum Gasteiger partial charge on any atom is -0.270 e. The van der Waals surface area contributed by atoms with Gasteiger partial charge in [0.2, 0.25) is 0 Å².